The second kappa shape index (κ2) is 5.77. The Labute approximate surface area is 102 Å². The Morgan fingerprint density at radius 3 is 2.76 bits per heavy atom. The Kier molecular flexibility index (Phi) is 4.62. The maximum absolute atomic E-state index is 12.7. The first-order valence-corrected chi connectivity index (χ1v) is 5.35. The number of nitrogen functional groups attached to an aromatic ring is 1. The number of hydrogen-bond donors (Lipinski definition) is 1. The molecule has 0 aliphatic carbocycles. The molecule has 94 valence electrons. The first-order chi connectivity index (χ1) is 8.01. The second-order valence-corrected chi connectivity index (χ2v) is 3.39. The van der Waals surface area contributed by atoms with Gasteiger partial charge < -0.3 is 10.5 Å². The number of anilines is 1. The molecule has 1 heterocycles. The summed E-state index contributed by atoms with van der Waals surface area (Å²) in [5.41, 5.74) is 4.67. The van der Waals surface area contributed by atoms with Gasteiger partial charge >= 0.3 is 5.97 Å². The van der Waals surface area contributed by atoms with Crippen molar-refractivity contribution >= 4 is 23.4 Å². The Hall–Kier alpha value is -1.43. The van der Waals surface area contributed by atoms with E-state index in [2.05, 4.69) is 4.98 Å². The first kappa shape index (κ1) is 13.6. The Morgan fingerprint density at radius 1 is 1.65 bits per heavy atom. The quantitative estimate of drug-likeness (QED) is 0.670. The van der Waals surface area contributed by atoms with Crippen LogP contribution in [0, 0.1) is 0 Å². The number of nitrogens with two attached hydrogens (primary N) is 1. The van der Waals surface area contributed by atoms with Crippen LogP contribution in [0.2, 0.25) is 0 Å². The van der Waals surface area contributed by atoms with Crippen molar-refractivity contribution in [2.75, 3.05) is 12.3 Å². The number of esters is 1. The number of pyridine rings is 1. The maximum Gasteiger partial charge on any atom is 0.357 e. The van der Waals surface area contributed by atoms with Crippen LogP contribution in [-0.2, 0) is 10.6 Å². The van der Waals surface area contributed by atoms with E-state index in [0.717, 1.165) is 6.07 Å². The van der Waals surface area contributed by atoms with Gasteiger partial charge in [0.25, 0.3) is 6.43 Å². The molecule has 1 aromatic heterocycles. The number of hydrogen-bond acceptors (Lipinski definition) is 4. The molecule has 0 aromatic carbocycles. The molecular formula is C10H11ClF2N2O2. The number of rotatable bonds is 4. The monoisotopic (exact) mass is 264 g/mol. The highest BCUT2D eigenvalue weighted by atomic mass is 35.5. The van der Waals surface area contributed by atoms with Gasteiger partial charge in [0.2, 0.25) is 0 Å². The Morgan fingerprint density at radius 2 is 2.29 bits per heavy atom. The summed E-state index contributed by atoms with van der Waals surface area (Å²) in [5, 5.41) is 0. The SMILES string of the molecule is CCOC(=O)c1nc(N)cc(C(F)F)c1CCl. The molecule has 0 radical (unpaired) electrons. The predicted molar refractivity (Wildman–Crippen MR) is 59.1 cm³/mol. The summed E-state index contributed by atoms with van der Waals surface area (Å²) in [6.45, 7) is 1.71. The fourth-order valence-corrected chi connectivity index (χ4v) is 1.60. The molecule has 0 spiro atoms. The van der Waals surface area contributed by atoms with Gasteiger partial charge in [-0.3, -0.25) is 0 Å². The number of nitrogens with zero attached hydrogens (tertiary/aromatic N) is 1. The van der Waals surface area contributed by atoms with Crippen molar-refractivity contribution < 1.29 is 18.3 Å². The van der Waals surface area contributed by atoms with Gasteiger partial charge in [-0.1, -0.05) is 0 Å². The third-order valence-electron chi connectivity index (χ3n) is 2.02. The van der Waals surface area contributed by atoms with Crippen molar-refractivity contribution in [1.29, 1.82) is 0 Å². The van der Waals surface area contributed by atoms with Crippen molar-refractivity contribution in [1.82, 2.24) is 4.98 Å². The number of alkyl halides is 3. The van der Waals surface area contributed by atoms with E-state index in [-0.39, 0.29) is 29.6 Å². The molecule has 1 rings (SSSR count). The van der Waals surface area contributed by atoms with Gasteiger partial charge in [0.05, 0.1) is 12.5 Å². The van der Waals surface area contributed by atoms with E-state index in [0.29, 0.717) is 0 Å². The summed E-state index contributed by atoms with van der Waals surface area (Å²) in [5.74, 6) is -1.24. The zero-order valence-corrected chi connectivity index (χ0v) is 9.80. The molecule has 0 bridgehead atoms. The summed E-state index contributed by atoms with van der Waals surface area (Å²) >= 11 is 5.56. The molecule has 0 amide bonds. The van der Waals surface area contributed by atoms with Crippen molar-refractivity contribution in [2.45, 2.75) is 19.2 Å². The van der Waals surface area contributed by atoms with Crippen LogP contribution in [0.5, 0.6) is 0 Å². The Balaban J connectivity index is 3.32. The Bertz CT molecular complexity index is 427. The summed E-state index contributed by atoms with van der Waals surface area (Å²) in [6, 6.07) is 1.01. The van der Waals surface area contributed by atoms with E-state index in [4.69, 9.17) is 22.1 Å². The van der Waals surface area contributed by atoms with Crippen LogP contribution >= 0.6 is 11.6 Å². The standard InChI is InChI=1S/C10H11ClF2N2O2/c1-2-17-10(16)8-6(4-11)5(9(12)13)3-7(14)15-8/h3,9H,2,4H2,1H3,(H2,14,15). The number of carbonyl (C=O) groups is 1. The lowest BCUT2D eigenvalue weighted by atomic mass is 10.1. The van der Waals surface area contributed by atoms with Gasteiger partial charge in [0, 0.05) is 11.1 Å². The highest BCUT2D eigenvalue weighted by Crippen LogP contribution is 2.28. The normalized spacial score (nSPS) is 10.6. The second-order valence-electron chi connectivity index (χ2n) is 3.12. The van der Waals surface area contributed by atoms with Gasteiger partial charge in [-0.2, -0.15) is 0 Å². The predicted octanol–water partition coefficient (Wildman–Crippen LogP) is 2.52. The van der Waals surface area contributed by atoms with Crippen molar-refractivity contribution in [3.8, 4) is 0 Å². The smallest absolute Gasteiger partial charge is 0.357 e. The van der Waals surface area contributed by atoms with Crippen LogP contribution in [-0.4, -0.2) is 17.6 Å². The van der Waals surface area contributed by atoms with Crippen LogP contribution in [0.1, 0.15) is 35.0 Å². The van der Waals surface area contributed by atoms with Crippen LogP contribution in [0.25, 0.3) is 0 Å². The minimum atomic E-state index is -2.78. The van der Waals surface area contributed by atoms with E-state index in [1.165, 1.54) is 0 Å². The molecule has 17 heavy (non-hydrogen) atoms. The highest BCUT2D eigenvalue weighted by molar-refractivity contribution is 6.17. The largest absolute Gasteiger partial charge is 0.461 e. The molecule has 2 N–H and O–H groups in total. The molecule has 1 aromatic rings. The fraction of sp³-hybridized carbons (Fsp3) is 0.400. The van der Waals surface area contributed by atoms with E-state index in [1.807, 2.05) is 0 Å². The number of aromatic nitrogens is 1. The van der Waals surface area contributed by atoms with Crippen LogP contribution < -0.4 is 5.73 Å². The topological polar surface area (TPSA) is 65.2 Å². The molecule has 0 fully saturated rings. The molecule has 0 aliphatic heterocycles. The summed E-state index contributed by atoms with van der Waals surface area (Å²) < 4.78 is 30.2. The lowest BCUT2D eigenvalue weighted by Gasteiger charge is -2.11. The highest BCUT2D eigenvalue weighted by Gasteiger charge is 2.22. The summed E-state index contributed by atoms with van der Waals surface area (Å²) in [4.78, 5) is 15.2. The third kappa shape index (κ3) is 3.03. The average Bonchev–Trinajstić information content (AvgIpc) is 2.28. The third-order valence-corrected chi connectivity index (χ3v) is 2.28. The van der Waals surface area contributed by atoms with Gasteiger partial charge in [-0.05, 0) is 13.0 Å². The lowest BCUT2D eigenvalue weighted by molar-refractivity contribution is 0.0518. The molecule has 0 atom stereocenters. The minimum Gasteiger partial charge on any atom is -0.461 e. The van der Waals surface area contributed by atoms with Crippen LogP contribution in [0.3, 0.4) is 0 Å². The van der Waals surface area contributed by atoms with Crippen LogP contribution in [0.15, 0.2) is 6.07 Å². The number of carbonyl (C=O) groups excluding carboxylic acids is 1. The summed E-state index contributed by atoms with van der Waals surface area (Å²) in [6.07, 6.45) is -2.78. The van der Waals surface area contributed by atoms with Crippen molar-refractivity contribution in [2.24, 2.45) is 0 Å². The molecule has 7 heteroatoms. The summed E-state index contributed by atoms with van der Waals surface area (Å²) in [7, 11) is 0. The zero-order valence-electron chi connectivity index (χ0n) is 9.04. The number of halogens is 3. The van der Waals surface area contributed by atoms with Gasteiger partial charge in [-0.15, -0.1) is 11.6 Å². The minimum absolute atomic E-state index is 0.0469. The van der Waals surface area contributed by atoms with Crippen LogP contribution in [0.4, 0.5) is 14.6 Å². The fourth-order valence-electron chi connectivity index (χ4n) is 1.32. The van der Waals surface area contributed by atoms with E-state index >= 15 is 0 Å². The maximum atomic E-state index is 12.7. The van der Waals surface area contributed by atoms with Crippen molar-refractivity contribution in [3.63, 3.8) is 0 Å². The molecular weight excluding hydrogens is 254 g/mol. The molecule has 0 unspecified atom stereocenters. The molecule has 0 aliphatic rings. The van der Waals surface area contributed by atoms with E-state index < -0.39 is 18.0 Å². The van der Waals surface area contributed by atoms with Gasteiger partial charge in [-0.25, -0.2) is 18.6 Å². The number of ether oxygens (including phenoxy) is 1. The van der Waals surface area contributed by atoms with E-state index in [1.54, 1.807) is 6.92 Å². The molecule has 0 saturated carbocycles. The van der Waals surface area contributed by atoms with E-state index in [9.17, 15) is 13.6 Å². The average molecular weight is 265 g/mol. The van der Waals surface area contributed by atoms with Crippen molar-refractivity contribution in [3.05, 3.63) is 22.9 Å². The lowest BCUT2D eigenvalue weighted by Crippen LogP contribution is -2.14. The van der Waals surface area contributed by atoms with Gasteiger partial charge in [0.15, 0.2) is 5.69 Å². The first-order valence-electron chi connectivity index (χ1n) is 4.81. The zero-order chi connectivity index (χ0) is 13.0. The molecule has 0 saturated heterocycles. The van der Waals surface area contributed by atoms with Gasteiger partial charge in [0.1, 0.15) is 5.82 Å². The molecule has 4 nitrogen and oxygen atoms in total.